The van der Waals surface area contributed by atoms with Crippen molar-refractivity contribution in [1.29, 1.82) is 0 Å². The zero-order valence-corrected chi connectivity index (χ0v) is 11.6. The van der Waals surface area contributed by atoms with Gasteiger partial charge in [0.05, 0.1) is 4.90 Å². The van der Waals surface area contributed by atoms with Crippen LogP contribution >= 0.6 is 11.8 Å². The highest BCUT2D eigenvalue weighted by Gasteiger charge is 2.15. The fourth-order valence-corrected chi connectivity index (χ4v) is 3.43. The summed E-state index contributed by atoms with van der Waals surface area (Å²) in [6.07, 6.45) is 1.09. The lowest BCUT2D eigenvalue weighted by atomic mass is 10.2. The lowest BCUT2D eigenvalue weighted by Crippen LogP contribution is -2.26. The van der Waals surface area contributed by atoms with E-state index in [1.54, 1.807) is 12.1 Å². The second kappa shape index (κ2) is 5.38. The normalized spacial score (nSPS) is 17.5. The minimum Gasteiger partial charge on any atom is -0.399 e. The van der Waals surface area contributed by atoms with Crippen LogP contribution in [0.5, 0.6) is 0 Å². The summed E-state index contributed by atoms with van der Waals surface area (Å²) in [4.78, 5) is 2.24. The zero-order chi connectivity index (χ0) is 13.2. The highest BCUT2D eigenvalue weighted by molar-refractivity contribution is 7.99. The molecule has 100 valence electrons. The maximum absolute atomic E-state index is 11.4. The molecule has 0 atom stereocenters. The molecular weight excluding hydrogens is 270 g/mol. The Hall–Kier alpha value is -0.920. The Labute approximate surface area is 112 Å². The van der Waals surface area contributed by atoms with Crippen LogP contribution in [0.3, 0.4) is 0 Å². The Morgan fingerprint density at radius 2 is 1.94 bits per heavy atom. The predicted molar refractivity (Wildman–Crippen MR) is 76.4 cm³/mol. The molecule has 1 aromatic carbocycles. The summed E-state index contributed by atoms with van der Waals surface area (Å²) in [6, 6.07) is 4.79. The van der Waals surface area contributed by atoms with Crippen LogP contribution in [0.1, 0.15) is 6.42 Å². The SMILES string of the molecule is Nc1cc(N2CCCSCC2)cc(S(N)(=O)=O)c1. The predicted octanol–water partition coefficient (Wildman–Crippen LogP) is 0.860. The van der Waals surface area contributed by atoms with E-state index in [9.17, 15) is 8.42 Å². The van der Waals surface area contributed by atoms with Crippen LogP contribution in [0.4, 0.5) is 11.4 Å². The van der Waals surface area contributed by atoms with Crippen molar-refractivity contribution >= 4 is 33.2 Å². The van der Waals surface area contributed by atoms with Gasteiger partial charge in [-0.2, -0.15) is 11.8 Å². The van der Waals surface area contributed by atoms with Gasteiger partial charge in [-0.15, -0.1) is 0 Å². The molecule has 0 spiro atoms. The quantitative estimate of drug-likeness (QED) is 0.787. The largest absolute Gasteiger partial charge is 0.399 e. The summed E-state index contributed by atoms with van der Waals surface area (Å²) in [5, 5.41) is 5.15. The number of hydrogen-bond donors (Lipinski definition) is 2. The summed E-state index contributed by atoms with van der Waals surface area (Å²) in [5.41, 5.74) is 7.01. The monoisotopic (exact) mass is 287 g/mol. The fourth-order valence-electron chi connectivity index (χ4n) is 1.96. The minimum absolute atomic E-state index is 0.0781. The highest BCUT2D eigenvalue weighted by Crippen LogP contribution is 2.25. The number of nitrogens with two attached hydrogens (primary N) is 2. The van der Waals surface area contributed by atoms with Gasteiger partial charge in [-0.1, -0.05) is 0 Å². The van der Waals surface area contributed by atoms with Crippen LogP contribution in [0.25, 0.3) is 0 Å². The Morgan fingerprint density at radius 3 is 2.67 bits per heavy atom. The lowest BCUT2D eigenvalue weighted by Gasteiger charge is -2.23. The van der Waals surface area contributed by atoms with Crippen LogP contribution in [0.15, 0.2) is 23.1 Å². The van der Waals surface area contributed by atoms with Crippen molar-refractivity contribution in [3.63, 3.8) is 0 Å². The van der Waals surface area contributed by atoms with Crippen LogP contribution < -0.4 is 15.8 Å². The van der Waals surface area contributed by atoms with E-state index in [1.807, 2.05) is 11.8 Å². The van der Waals surface area contributed by atoms with Gasteiger partial charge in [-0.3, -0.25) is 0 Å². The molecule has 0 bridgehead atoms. The molecule has 0 amide bonds. The van der Waals surface area contributed by atoms with Crippen LogP contribution in [0.2, 0.25) is 0 Å². The third-order valence-corrected chi connectivity index (χ3v) is 4.77. The Bertz CT molecular complexity index is 523. The summed E-state index contributed by atoms with van der Waals surface area (Å²) < 4.78 is 22.8. The molecule has 4 N–H and O–H groups in total. The molecule has 0 aromatic heterocycles. The molecule has 7 heteroatoms. The molecule has 1 aromatic rings. The number of thioether (sulfide) groups is 1. The van der Waals surface area contributed by atoms with E-state index in [2.05, 4.69) is 4.90 Å². The highest BCUT2D eigenvalue weighted by atomic mass is 32.2. The summed E-state index contributed by atoms with van der Waals surface area (Å²) in [7, 11) is -3.71. The maximum Gasteiger partial charge on any atom is 0.238 e. The Morgan fingerprint density at radius 1 is 1.17 bits per heavy atom. The van der Waals surface area contributed by atoms with E-state index in [-0.39, 0.29) is 4.90 Å². The molecule has 0 saturated carbocycles. The van der Waals surface area contributed by atoms with E-state index in [4.69, 9.17) is 10.9 Å². The summed E-state index contributed by atoms with van der Waals surface area (Å²) in [6.45, 7) is 1.82. The molecule has 1 aliphatic heterocycles. The Balaban J connectivity index is 2.35. The molecule has 2 rings (SSSR count). The second-order valence-electron chi connectivity index (χ2n) is 4.26. The first kappa shape index (κ1) is 13.5. The van der Waals surface area contributed by atoms with E-state index in [0.29, 0.717) is 5.69 Å². The van der Waals surface area contributed by atoms with E-state index < -0.39 is 10.0 Å². The molecule has 1 fully saturated rings. The number of rotatable bonds is 2. The van der Waals surface area contributed by atoms with Crippen molar-refractivity contribution in [2.24, 2.45) is 5.14 Å². The van der Waals surface area contributed by atoms with E-state index in [1.165, 1.54) is 6.07 Å². The molecule has 0 unspecified atom stereocenters. The van der Waals surface area contributed by atoms with Gasteiger partial charge in [0, 0.05) is 30.2 Å². The molecule has 0 aliphatic carbocycles. The van der Waals surface area contributed by atoms with Gasteiger partial charge in [-0.05, 0) is 30.4 Å². The van der Waals surface area contributed by atoms with Gasteiger partial charge < -0.3 is 10.6 Å². The lowest BCUT2D eigenvalue weighted by molar-refractivity contribution is 0.598. The summed E-state index contributed by atoms with van der Waals surface area (Å²) >= 11 is 1.91. The van der Waals surface area contributed by atoms with Gasteiger partial charge in [-0.25, -0.2) is 13.6 Å². The van der Waals surface area contributed by atoms with Crippen molar-refractivity contribution in [3.8, 4) is 0 Å². The van der Waals surface area contributed by atoms with E-state index in [0.717, 1.165) is 36.7 Å². The smallest absolute Gasteiger partial charge is 0.238 e. The topological polar surface area (TPSA) is 89.4 Å². The fraction of sp³-hybridized carbons (Fsp3) is 0.455. The van der Waals surface area contributed by atoms with Crippen molar-refractivity contribution < 1.29 is 8.42 Å². The Kier molecular flexibility index (Phi) is 4.04. The van der Waals surface area contributed by atoms with Gasteiger partial charge in [0.1, 0.15) is 0 Å². The van der Waals surface area contributed by atoms with Crippen molar-refractivity contribution in [1.82, 2.24) is 0 Å². The number of nitrogens with zero attached hydrogens (tertiary/aromatic N) is 1. The van der Waals surface area contributed by atoms with Gasteiger partial charge in [0.15, 0.2) is 0 Å². The van der Waals surface area contributed by atoms with E-state index >= 15 is 0 Å². The number of benzene rings is 1. The first-order valence-electron chi connectivity index (χ1n) is 5.73. The van der Waals surface area contributed by atoms with Crippen molar-refractivity contribution in [2.45, 2.75) is 11.3 Å². The number of primary sulfonamides is 1. The molecule has 1 aliphatic rings. The first-order valence-corrected chi connectivity index (χ1v) is 8.43. The second-order valence-corrected chi connectivity index (χ2v) is 7.04. The average Bonchev–Trinajstić information content (AvgIpc) is 2.55. The van der Waals surface area contributed by atoms with Crippen molar-refractivity contribution in [2.75, 3.05) is 35.2 Å². The molecule has 18 heavy (non-hydrogen) atoms. The molecular formula is C11H17N3O2S2. The first-order chi connectivity index (χ1) is 8.47. The maximum atomic E-state index is 11.4. The third-order valence-electron chi connectivity index (χ3n) is 2.83. The third kappa shape index (κ3) is 3.30. The van der Waals surface area contributed by atoms with Crippen LogP contribution in [-0.4, -0.2) is 33.0 Å². The van der Waals surface area contributed by atoms with Crippen LogP contribution in [-0.2, 0) is 10.0 Å². The standard InChI is InChI=1S/C11H17N3O2S2/c12-9-6-10(8-11(7-9)18(13,15)16)14-2-1-4-17-5-3-14/h6-8H,1-5,12H2,(H2,13,15,16). The summed E-state index contributed by atoms with van der Waals surface area (Å²) in [5.74, 6) is 2.18. The van der Waals surface area contributed by atoms with Crippen LogP contribution in [0, 0.1) is 0 Å². The van der Waals surface area contributed by atoms with Gasteiger partial charge in [0.25, 0.3) is 0 Å². The van der Waals surface area contributed by atoms with Gasteiger partial charge in [0.2, 0.25) is 10.0 Å². The average molecular weight is 287 g/mol. The number of sulfonamides is 1. The molecule has 0 radical (unpaired) electrons. The zero-order valence-electron chi connectivity index (χ0n) is 10.0. The number of nitrogen functional groups attached to an aromatic ring is 1. The number of hydrogen-bond acceptors (Lipinski definition) is 5. The molecule has 5 nitrogen and oxygen atoms in total. The van der Waals surface area contributed by atoms with Gasteiger partial charge >= 0.3 is 0 Å². The molecule has 1 heterocycles. The minimum atomic E-state index is -3.71. The molecule has 1 saturated heterocycles. The number of anilines is 2. The van der Waals surface area contributed by atoms with Crippen molar-refractivity contribution in [3.05, 3.63) is 18.2 Å².